The molecule has 0 amide bonds. The van der Waals surface area contributed by atoms with Crippen LogP contribution in [0.1, 0.15) is 26.5 Å². The summed E-state index contributed by atoms with van der Waals surface area (Å²) in [4.78, 5) is 4.82. The van der Waals surface area contributed by atoms with E-state index in [9.17, 15) is 0 Å². The lowest BCUT2D eigenvalue weighted by Gasteiger charge is -2.18. The van der Waals surface area contributed by atoms with Crippen LogP contribution in [-0.4, -0.2) is 4.98 Å². The first-order chi connectivity index (χ1) is 9.54. The van der Waals surface area contributed by atoms with E-state index in [-0.39, 0.29) is 5.41 Å². The molecule has 2 aromatic carbocycles. The van der Waals surface area contributed by atoms with Gasteiger partial charge >= 0.3 is 0 Å². The van der Waals surface area contributed by atoms with Crippen LogP contribution in [0, 0.1) is 0 Å². The fraction of sp³-hybridized carbons (Fsp3) is 0.211. The Balaban J connectivity index is 2.11. The lowest BCUT2D eigenvalue weighted by atomic mass is 9.91. The summed E-state index contributed by atoms with van der Waals surface area (Å²) in [5, 5.41) is 2.52. The van der Waals surface area contributed by atoms with Crippen LogP contribution in [0.2, 0.25) is 0 Å². The number of pyridine rings is 1. The normalized spacial score (nSPS) is 11.8. The monoisotopic (exact) mass is 261 g/mol. The fourth-order valence-corrected chi connectivity index (χ4v) is 2.36. The van der Waals surface area contributed by atoms with Crippen molar-refractivity contribution in [3.8, 4) is 11.3 Å². The second-order valence-corrected chi connectivity index (χ2v) is 6.22. The summed E-state index contributed by atoms with van der Waals surface area (Å²) in [6.07, 6.45) is 0. The summed E-state index contributed by atoms with van der Waals surface area (Å²) >= 11 is 0. The minimum absolute atomic E-state index is 0.0762. The number of nitrogens with zero attached hydrogens (tertiary/aromatic N) is 1. The van der Waals surface area contributed by atoms with Crippen molar-refractivity contribution in [3.63, 3.8) is 0 Å². The molecule has 0 aliphatic rings. The van der Waals surface area contributed by atoms with Gasteiger partial charge in [0.05, 0.1) is 5.69 Å². The summed E-state index contributed by atoms with van der Waals surface area (Å²) < 4.78 is 0. The lowest BCUT2D eigenvalue weighted by Crippen LogP contribution is -2.13. The molecular formula is C19H19N. The van der Waals surface area contributed by atoms with Gasteiger partial charge in [0.15, 0.2) is 0 Å². The highest BCUT2D eigenvalue weighted by Gasteiger charge is 2.15. The first-order valence-electron chi connectivity index (χ1n) is 7.01. The van der Waals surface area contributed by atoms with Crippen LogP contribution >= 0.6 is 0 Å². The first kappa shape index (κ1) is 12.9. The summed E-state index contributed by atoms with van der Waals surface area (Å²) in [6.45, 7) is 6.58. The van der Waals surface area contributed by atoms with Gasteiger partial charge in [-0.2, -0.15) is 0 Å². The third-order valence-electron chi connectivity index (χ3n) is 3.56. The molecule has 0 saturated carbocycles. The summed E-state index contributed by atoms with van der Waals surface area (Å²) in [6, 6.07) is 21.2. The van der Waals surface area contributed by atoms with Gasteiger partial charge in [-0.15, -0.1) is 0 Å². The molecule has 20 heavy (non-hydrogen) atoms. The van der Waals surface area contributed by atoms with Crippen molar-refractivity contribution < 1.29 is 0 Å². The molecule has 0 bridgehead atoms. The van der Waals surface area contributed by atoms with E-state index in [1.165, 1.54) is 16.3 Å². The average molecular weight is 261 g/mol. The van der Waals surface area contributed by atoms with Crippen molar-refractivity contribution in [1.82, 2.24) is 4.98 Å². The highest BCUT2D eigenvalue weighted by atomic mass is 14.7. The quantitative estimate of drug-likeness (QED) is 0.586. The molecule has 3 aromatic rings. The number of rotatable bonds is 1. The fourth-order valence-electron chi connectivity index (χ4n) is 2.36. The minimum atomic E-state index is 0.0762. The Morgan fingerprint density at radius 2 is 1.50 bits per heavy atom. The molecule has 0 aliphatic carbocycles. The third kappa shape index (κ3) is 2.44. The van der Waals surface area contributed by atoms with Crippen LogP contribution in [-0.2, 0) is 5.41 Å². The molecule has 0 spiro atoms. The highest BCUT2D eigenvalue weighted by Crippen LogP contribution is 2.26. The standard InChI is InChI=1S/C19H19N/c1-19(2,3)18-10-6-9-17(20-18)16-12-11-14-7-4-5-8-15(14)13-16/h4-13H,1-3H3. The Hall–Kier alpha value is -2.15. The SMILES string of the molecule is CC(C)(C)c1cccc(-c2ccc3ccccc3c2)n1. The van der Waals surface area contributed by atoms with Gasteiger partial charge in [0.2, 0.25) is 0 Å². The zero-order valence-corrected chi connectivity index (χ0v) is 12.2. The largest absolute Gasteiger partial charge is 0.252 e. The van der Waals surface area contributed by atoms with Crippen LogP contribution in [0.15, 0.2) is 60.7 Å². The summed E-state index contributed by atoms with van der Waals surface area (Å²) in [5.74, 6) is 0. The lowest BCUT2D eigenvalue weighted by molar-refractivity contribution is 0.570. The van der Waals surface area contributed by atoms with E-state index < -0.39 is 0 Å². The molecule has 100 valence electrons. The van der Waals surface area contributed by atoms with E-state index >= 15 is 0 Å². The molecule has 3 rings (SSSR count). The van der Waals surface area contributed by atoms with E-state index in [4.69, 9.17) is 4.98 Å². The first-order valence-corrected chi connectivity index (χ1v) is 7.01. The molecule has 1 aromatic heterocycles. The Morgan fingerprint density at radius 1 is 0.750 bits per heavy atom. The van der Waals surface area contributed by atoms with Crippen molar-refractivity contribution in [2.45, 2.75) is 26.2 Å². The van der Waals surface area contributed by atoms with Gasteiger partial charge in [0.25, 0.3) is 0 Å². The van der Waals surface area contributed by atoms with Crippen molar-refractivity contribution >= 4 is 10.8 Å². The van der Waals surface area contributed by atoms with Crippen LogP contribution in [0.5, 0.6) is 0 Å². The molecule has 0 radical (unpaired) electrons. The van der Waals surface area contributed by atoms with Crippen LogP contribution < -0.4 is 0 Å². The second-order valence-electron chi connectivity index (χ2n) is 6.22. The Labute approximate surface area is 120 Å². The van der Waals surface area contributed by atoms with E-state index in [2.05, 4.69) is 81.4 Å². The van der Waals surface area contributed by atoms with Crippen LogP contribution in [0.3, 0.4) is 0 Å². The Kier molecular flexibility index (Phi) is 3.06. The van der Waals surface area contributed by atoms with Gasteiger partial charge in [-0.05, 0) is 29.0 Å². The van der Waals surface area contributed by atoms with E-state index in [0.717, 1.165) is 11.4 Å². The molecule has 1 nitrogen and oxygen atoms in total. The zero-order valence-electron chi connectivity index (χ0n) is 12.2. The zero-order chi connectivity index (χ0) is 14.2. The number of hydrogen-bond donors (Lipinski definition) is 0. The average Bonchev–Trinajstić information content (AvgIpc) is 2.46. The predicted molar refractivity (Wildman–Crippen MR) is 85.9 cm³/mol. The number of hydrogen-bond acceptors (Lipinski definition) is 1. The topological polar surface area (TPSA) is 12.9 Å². The number of aromatic nitrogens is 1. The Bertz CT molecular complexity index is 751. The van der Waals surface area contributed by atoms with E-state index in [1.807, 2.05) is 0 Å². The third-order valence-corrected chi connectivity index (χ3v) is 3.56. The molecule has 1 heteroatoms. The molecule has 0 fully saturated rings. The molecular weight excluding hydrogens is 242 g/mol. The van der Waals surface area contributed by atoms with Gasteiger partial charge in [0, 0.05) is 16.7 Å². The maximum absolute atomic E-state index is 4.82. The molecule has 1 heterocycles. The second kappa shape index (κ2) is 4.75. The van der Waals surface area contributed by atoms with Gasteiger partial charge in [-0.1, -0.05) is 63.2 Å². The van der Waals surface area contributed by atoms with E-state index in [0.29, 0.717) is 0 Å². The Morgan fingerprint density at radius 3 is 2.25 bits per heavy atom. The summed E-state index contributed by atoms with van der Waals surface area (Å²) in [5.41, 5.74) is 3.42. The maximum Gasteiger partial charge on any atom is 0.0705 e. The van der Waals surface area contributed by atoms with Crippen molar-refractivity contribution in [2.75, 3.05) is 0 Å². The minimum Gasteiger partial charge on any atom is -0.252 e. The molecule has 0 aliphatic heterocycles. The van der Waals surface area contributed by atoms with Crippen molar-refractivity contribution in [1.29, 1.82) is 0 Å². The van der Waals surface area contributed by atoms with Crippen molar-refractivity contribution in [3.05, 3.63) is 66.4 Å². The van der Waals surface area contributed by atoms with Gasteiger partial charge in [0.1, 0.15) is 0 Å². The van der Waals surface area contributed by atoms with E-state index in [1.54, 1.807) is 0 Å². The maximum atomic E-state index is 4.82. The van der Waals surface area contributed by atoms with Crippen LogP contribution in [0.4, 0.5) is 0 Å². The number of fused-ring (bicyclic) bond motifs is 1. The smallest absolute Gasteiger partial charge is 0.0705 e. The molecule has 0 atom stereocenters. The van der Waals surface area contributed by atoms with Gasteiger partial charge in [-0.3, -0.25) is 4.98 Å². The van der Waals surface area contributed by atoms with Gasteiger partial charge in [-0.25, -0.2) is 0 Å². The highest BCUT2D eigenvalue weighted by molar-refractivity contribution is 5.86. The van der Waals surface area contributed by atoms with Crippen LogP contribution in [0.25, 0.3) is 22.0 Å². The molecule has 0 saturated heterocycles. The van der Waals surface area contributed by atoms with Gasteiger partial charge < -0.3 is 0 Å². The molecule has 0 unspecified atom stereocenters. The molecule has 0 N–H and O–H groups in total. The number of benzene rings is 2. The predicted octanol–water partition coefficient (Wildman–Crippen LogP) is 5.20. The van der Waals surface area contributed by atoms with Crippen molar-refractivity contribution in [2.24, 2.45) is 0 Å². The summed E-state index contributed by atoms with van der Waals surface area (Å²) in [7, 11) is 0.